The molecule has 1 atom stereocenters. The van der Waals surface area contributed by atoms with Gasteiger partial charge in [-0.05, 0) is 49.8 Å². The van der Waals surface area contributed by atoms with Crippen LogP contribution in [-0.4, -0.2) is 42.6 Å². The molecule has 3 heterocycles. The van der Waals surface area contributed by atoms with Crippen molar-refractivity contribution in [1.82, 2.24) is 4.57 Å². The van der Waals surface area contributed by atoms with Crippen molar-refractivity contribution in [1.29, 1.82) is 0 Å². The highest BCUT2D eigenvalue weighted by atomic mass is 16.5. The number of pyridine rings is 1. The van der Waals surface area contributed by atoms with Crippen molar-refractivity contribution in [3.8, 4) is 22.8 Å². The van der Waals surface area contributed by atoms with Crippen LogP contribution in [0.4, 0.5) is 0 Å². The van der Waals surface area contributed by atoms with E-state index in [1.54, 1.807) is 25.3 Å². The van der Waals surface area contributed by atoms with Gasteiger partial charge >= 0.3 is 5.97 Å². The number of phenols is 1. The lowest BCUT2D eigenvalue weighted by Crippen LogP contribution is -2.28. The zero-order chi connectivity index (χ0) is 24.5. The molecule has 2 aliphatic rings. The molecule has 1 saturated heterocycles. The smallest absolute Gasteiger partial charge is 0.343 e. The average molecular weight is 460 g/mol. The Kier molecular flexibility index (Phi) is 9.97. The van der Waals surface area contributed by atoms with Crippen molar-refractivity contribution in [3.05, 3.63) is 45.7 Å². The van der Waals surface area contributed by atoms with Gasteiger partial charge in [-0.15, -0.1) is 0 Å². The van der Waals surface area contributed by atoms with E-state index < -0.39 is 5.97 Å². The van der Waals surface area contributed by atoms with Crippen LogP contribution in [0.3, 0.4) is 0 Å². The van der Waals surface area contributed by atoms with Gasteiger partial charge in [-0.25, -0.2) is 4.79 Å². The lowest BCUT2D eigenvalue weighted by Gasteiger charge is -2.33. The summed E-state index contributed by atoms with van der Waals surface area (Å²) >= 11 is 0. The number of methoxy groups -OCH3 is 1. The van der Waals surface area contributed by atoms with Gasteiger partial charge in [0.2, 0.25) is 0 Å². The Balaban J connectivity index is 0.000000477. The van der Waals surface area contributed by atoms with Crippen molar-refractivity contribution in [3.63, 3.8) is 0 Å². The number of esters is 1. The van der Waals surface area contributed by atoms with E-state index in [0.717, 1.165) is 24.3 Å². The third-order valence-electron chi connectivity index (χ3n) is 5.64. The largest absolute Gasteiger partial charge is 0.504 e. The summed E-state index contributed by atoms with van der Waals surface area (Å²) in [5.41, 5.74) is 2.14. The first-order valence-corrected chi connectivity index (χ1v) is 11.8. The van der Waals surface area contributed by atoms with Gasteiger partial charge in [0.05, 0.1) is 19.4 Å². The topological polar surface area (TPSA) is 87.0 Å². The number of carbonyl (C=O) groups excluding carboxylic acids is 1. The van der Waals surface area contributed by atoms with Gasteiger partial charge in [-0.2, -0.15) is 0 Å². The van der Waals surface area contributed by atoms with Gasteiger partial charge in [0.25, 0.3) is 0 Å². The normalized spacial score (nSPS) is 15.9. The Hall–Kier alpha value is -2.80. The van der Waals surface area contributed by atoms with Crippen molar-refractivity contribution >= 4 is 5.97 Å². The summed E-state index contributed by atoms with van der Waals surface area (Å²) in [5.74, 6) is 0.0843. The number of aromatic hydroxyl groups is 1. The first kappa shape index (κ1) is 26.5. The van der Waals surface area contributed by atoms with Crippen molar-refractivity contribution in [2.75, 3.05) is 26.9 Å². The van der Waals surface area contributed by atoms with Gasteiger partial charge in [0.15, 0.2) is 16.9 Å². The number of hydrogen-bond donors (Lipinski definition) is 1. The van der Waals surface area contributed by atoms with E-state index in [4.69, 9.17) is 14.2 Å². The maximum absolute atomic E-state index is 12.5. The number of fused-ring (bicyclic) bond motifs is 3. The number of phenolic OH excluding ortho intramolecular Hbond substituents is 1. The summed E-state index contributed by atoms with van der Waals surface area (Å²) in [5, 5.41) is 10.1. The predicted octanol–water partition coefficient (Wildman–Crippen LogP) is 4.98. The third kappa shape index (κ3) is 6.16. The molecule has 0 radical (unpaired) electrons. The summed E-state index contributed by atoms with van der Waals surface area (Å²) in [4.78, 5) is 24.7. The Morgan fingerprint density at radius 1 is 1.21 bits per heavy atom. The molecule has 2 aliphatic heterocycles. The summed E-state index contributed by atoms with van der Waals surface area (Å²) in [7, 11) is 1.48. The molecule has 0 aliphatic carbocycles. The highest BCUT2D eigenvalue weighted by Crippen LogP contribution is 2.42. The fourth-order valence-electron chi connectivity index (χ4n) is 3.98. The molecule has 2 aromatic rings. The minimum Gasteiger partial charge on any atom is -0.504 e. The fourth-order valence-corrected chi connectivity index (χ4v) is 3.98. The predicted molar refractivity (Wildman–Crippen MR) is 129 cm³/mol. The quantitative estimate of drug-likeness (QED) is 0.649. The lowest BCUT2D eigenvalue weighted by molar-refractivity contribution is 0.0523. The van der Waals surface area contributed by atoms with Crippen LogP contribution in [0, 0.1) is 5.92 Å². The zero-order valence-corrected chi connectivity index (χ0v) is 20.6. The molecule has 4 rings (SSSR count). The monoisotopic (exact) mass is 459 g/mol. The van der Waals surface area contributed by atoms with Crippen LogP contribution in [0.2, 0.25) is 0 Å². The zero-order valence-electron chi connectivity index (χ0n) is 20.6. The van der Waals surface area contributed by atoms with Gasteiger partial charge in [-0.3, -0.25) is 4.79 Å². The van der Waals surface area contributed by atoms with Crippen molar-refractivity contribution < 1.29 is 24.1 Å². The molecule has 1 N–H and O–H groups in total. The highest BCUT2D eigenvalue weighted by Gasteiger charge is 2.29. The van der Waals surface area contributed by atoms with Gasteiger partial charge in [0.1, 0.15) is 5.56 Å². The van der Waals surface area contributed by atoms with Crippen LogP contribution in [0.25, 0.3) is 11.3 Å². The first-order valence-electron chi connectivity index (χ1n) is 11.8. The van der Waals surface area contributed by atoms with Crippen LogP contribution < -0.4 is 10.2 Å². The van der Waals surface area contributed by atoms with Crippen LogP contribution >= 0.6 is 0 Å². The van der Waals surface area contributed by atoms with Crippen molar-refractivity contribution in [2.45, 2.75) is 59.9 Å². The fraction of sp³-hybridized carbons (Fsp3) is 0.538. The Bertz CT molecular complexity index is 983. The average Bonchev–Trinajstić information content (AvgIpc) is 3.39. The molecule has 1 aromatic heterocycles. The van der Waals surface area contributed by atoms with E-state index in [-0.39, 0.29) is 35.3 Å². The second-order valence-corrected chi connectivity index (χ2v) is 8.08. The Morgan fingerprint density at radius 2 is 1.88 bits per heavy atom. The number of aromatic nitrogens is 1. The van der Waals surface area contributed by atoms with Crippen LogP contribution in [0.1, 0.15) is 69.4 Å². The molecule has 182 valence electrons. The number of ether oxygens (including phenoxy) is 3. The molecule has 33 heavy (non-hydrogen) atoms. The molecule has 0 amide bonds. The van der Waals surface area contributed by atoms with E-state index in [2.05, 4.69) is 13.8 Å². The molecule has 0 spiro atoms. The summed E-state index contributed by atoms with van der Waals surface area (Å²) in [6.07, 6.45) is 4.84. The number of hydrogen-bond acceptors (Lipinski definition) is 6. The van der Waals surface area contributed by atoms with E-state index in [1.165, 1.54) is 26.0 Å². The number of rotatable bonds is 4. The van der Waals surface area contributed by atoms with Gasteiger partial charge in [0, 0.05) is 37.1 Å². The van der Waals surface area contributed by atoms with Crippen LogP contribution in [0.15, 0.2) is 29.2 Å². The maximum atomic E-state index is 12.5. The SMILES string of the molecule is C1CCOC1.CC.CCOC(=O)c1cn2c(cc1=O)-c1cc(OC)c(O)cc1CC2C(C)C. The molecule has 1 fully saturated rings. The van der Waals surface area contributed by atoms with Gasteiger partial charge < -0.3 is 23.9 Å². The minimum absolute atomic E-state index is 0.0374. The number of carbonyl (C=O) groups is 1. The molecule has 7 nitrogen and oxygen atoms in total. The molecular weight excluding hydrogens is 422 g/mol. The van der Waals surface area contributed by atoms with E-state index >= 15 is 0 Å². The first-order chi connectivity index (χ1) is 15.9. The second kappa shape index (κ2) is 12.4. The van der Waals surface area contributed by atoms with E-state index in [1.807, 2.05) is 18.4 Å². The minimum atomic E-state index is -0.607. The summed E-state index contributed by atoms with van der Waals surface area (Å²) in [6.45, 7) is 12.1. The molecular formula is C26H37NO6. The maximum Gasteiger partial charge on any atom is 0.343 e. The van der Waals surface area contributed by atoms with Crippen LogP contribution in [0.5, 0.6) is 11.5 Å². The summed E-state index contributed by atoms with van der Waals surface area (Å²) < 4.78 is 17.1. The number of benzene rings is 1. The molecule has 0 bridgehead atoms. The summed E-state index contributed by atoms with van der Waals surface area (Å²) in [6, 6.07) is 4.95. The standard InChI is InChI=1S/C20H23NO5.C4H8O.C2H6/c1-5-26-20(24)14-10-21-15(11(2)3)6-12-7-18(23)19(25-4)8-13(12)16(21)9-17(14)22;1-2-4-5-3-1;1-2/h7-11,15,23H,5-6H2,1-4H3;1-4H2;1-2H3. The molecule has 0 saturated carbocycles. The molecule has 1 unspecified atom stereocenters. The lowest BCUT2D eigenvalue weighted by atomic mass is 9.87. The Labute approximate surface area is 196 Å². The van der Waals surface area contributed by atoms with Crippen molar-refractivity contribution in [2.24, 2.45) is 5.92 Å². The molecule has 7 heteroatoms. The third-order valence-corrected chi connectivity index (χ3v) is 5.64. The Morgan fingerprint density at radius 3 is 2.39 bits per heavy atom. The van der Waals surface area contributed by atoms with Gasteiger partial charge in [-0.1, -0.05) is 27.7 Å². The van der Waals surface area contributed by atoms with Crippen LogP contribution in [-0.2, 0) is 15.9 Å². The molecule has 1 aromatic carbocycles. The highest BCUT2D eigenvalue weighted by molar-refractivity contribution is 5.89. The second-order valence-electron chi connectivity index (χ2n) is 8.08. The van der Waals surface area contributed by atoms with E-state index in [9.17, 15) is 14.7 Å². The number of nitrogens with zero attached hydrogens (tertiary/aromatic N) is 1. The van der Waals surface area contributed by atoms with E-state index in [0.29, 0.717) is 17.9 Å².